The second-order valence-electron chi connectivity index (χ2n) is 7.84. The lowest BCUT2D eigenvalue weighted by molar-refractivity contribution is -0.139. The van der Waals surface area contributed by atoms with Crippen LogP contribution in [-0.2, 0) is 9.53 Å². The molecule has 0 saturated heterocycles. The number of aromatic hydroxyl groups is 1. The molecule has 1 N–H and O–H groups in total. The summed E-state index contributed by atoms with van der Waals surface area (Å²) >= 11 is 1.20. The number of thiazole rings is 1. The minimum atomic E-state index is -0.822. The predicted molar refractivity (Wildman–Crippen MR) is 135 cm³/mol. The van der Waals surface area contributed by atoms with Crippen LogP contribution in [0, 0.1) is 0 Å². The number of allylic oxidation sites excluding steroid dienone is 1. The standard InChI is InChI=1S/C26H26N2O7S/c1-6-35-25(31)22-14(2)27-26-28(23(22)17-9-8-16(32-3)13-19(17)33-4)24(30)21(36-26)12-15-7-10-18(29)20(11-15)34-5/h7-13,23,29H,6H2,1-5H3/b21-12-. The van der Waals surface area contributed by atoms with Gasteiger partial charge in [0.05, 0.1) is 43.7 Å². The predicted octanol–water partition coefficient (Wildman–Crippen LogP) is 2.53. The lowest BCUT2D eigenvalue weighted by atomic mass is 9.95. The van der Waals surface area contributed by atoms with Crippen LogP contribution in [0.3, 0.4) is 0 Å². The van der Waals surface area contributed by atoms with Crippen molar-refractivity contribution in [3.63, 3.8) is 0 Å². The number of phenolic OH excluding ortho intramolecular Hbond substituents is 1. The summed E-state index contributed by atoms with van der Waals surface area (Å²) in [6.45, 7) is 3.62. The Labute approximate surface area is 211 Å². The highest BCUT2D eigenvalue weighted by Crippen LogP contribution is 2.37. The monoisotopic (exact) mass is 510 g/mol. The number of benzene rings is 2. The molecule has 2 aromatic carbocycles. The van der Waals surface area contributed by atoms with Gasteiger partial charge in [-0.1, -0.05) is 17.4 Å². The van der Waals surface area contributed by atoms with Crippen LogP contribution in [-0.4, -0.2) is 43.6 Å². The number of fused-ring (bicyclic) bond motifs is 1. The molecular weight excluding hydrogens is 484 g/mol. The summed E-state index contributed by atoms with van der Waals surface area (Å²) in [6.07, 6.45) is 1.69. The first-order valence-electron chi connectivity index (χ1n) is 11.1. The van der Waals surface area contributed by atoms with Gasteiger partial charge in [-0.2, -0.15) is 0 Å². The molecule has 1 atom stereocenters. The molecule has 0 aliphatic carbocycles. The fourth-order valence-electron chi connectivity index (χ4n) is 4.07. The summed E-state index contributed by atoms with van der Waals surface area (Å²) in [5.74, 6) is 0.755. The highest BCUT2D eigenvalue weighted by Gasteiger charge is 2.35. The van der Waals surface area contributed by atoms with Crippen molar-refractivity contribution < 1.29 is 28.8 Å². The van der Waals surface area contributed by atoms with E-state index in [0.29, 0.717) is 37.7 Å². The molecular formula is C26H26N2O7S. The molecule has 1 aliphatic rings. The van der Waals surface area contributed by atoms with Gasteiger partial charge >= 0.3 is 5.97 Å². The minimum Gasteiger partial charge on any atom is -0.504 e. The van der Waals surface area contributed by atoms with Crippen molar-refractivity contribution >= 4 is 23.4 Å². The van der Waals surface area contributed by atoms with E-state index in [4.69, 9.17) is 18.9 Å². The molecule has 3 aromatic rings. The third-order valence-electron chi connectivity index (χ3n) is 5.75. The number of rotatable bonds is 7. The van der Waals surface area contributed by atoms with Crippen LogP contribution in [0.2, 0.25) is 0 Å². The van der Waals surface area contributed by atoms with E-state index in [1.54, 1.807) is 57.4 Å². The van der Waals surface area contributed by atoms with Crippen LogP contribution >= 0.6 is 11.3 Å². The van der Waals surface area contributed by atoms with E-state index < -0.39 is 12.0 Å². The van der Waals surface area contributed by atoms with Crippen molar-refractivity contribution in [1.82, 2.24) is 4.57 Å². The van der Waals surface area contributed by atoms with E-state index in [9.17, 15) is 14.7 Å². The molecule has 36 heavy (non-hydrogen) atoms. The van der Waals surface area contributed by atoms with Crippen molar-refractivity contribution in [3.05, 3.63) is 78.5 Å². The molecule has 0 saturated carbocycles. The Morgan fingerprint density at radius 3 is 2.53 bits per heavy atom. The van der Waals surface area contributed by atoms with Crippen LogP contribution in [0.1, 0.15) is 31.0 Å². The van der Waals surface area contributed by atoms with Crippen molar-refractivity contribution in [2.75, 3.05) is 27.9 Å². The van der Waals surface area contributed by atoms with Gasteiger partial charge in [0.1, 0.15) is 17.5 Å². The Balaban J connectivity index is 1.98. The maximum Gasteiger partial charge on any atom is 0.338 e. The zero-order valence-electron chi connectivity index (χ0n) is 20.5. The van der Waals surface area contributed by atoms with Crippen LogP contribution < -0.4 is 29.1 Å². The molecule has 1 aliphatic heterocycles. The Morgan fingerprint density at radius 1 is 1.11 bits per heavy atom. The lowest BCUT2D eigenvalue weighted by Crippen LogP contribution is -2.40. The first kappa shape index (κ1) is 25.1. The summed E-state index contributed by atoms with van der Waals surface area (Å²) in [4.78, 5) is 31.8. The van der Waals surface area contributed by atoms with E-state index in [1.165, 1.54) is 36.2 Å². The number of methoxy groups -OCH3 is 3. The average Bonchev–Trinajstić information content (AvgIpc) is 3.18. The van der Waals surface area contributed by atoms with Gasteiger partial charge in [-0.05, 0) is 49.8 Å². The number of hydrogen-bond acceptors (Lipinski definition) is 9. The summed E-state index contributed by atoms with van der Waals surface area (Å²) < 4.78 is 23.3. The Morgan fingerprint density at radius 2 is 1.86 bits per heavy atom. The van der Waals surface area contributed by atoms with Crippen LogP contribution in [0.15, 0.2) is 57.5 Å². The number of esters is 1. The Hall–Kier alpha value is -4.05. The number of carbonyl (C=O) groups is 1. The molecule has 4 rings (SSSR count). The molecule has 10 heteroatoms. The third-order valence-corrected chi connectivity index (χ3v) is 6.74. The molecule has 0 radical (unpaired) electrons. The molecule has 188 valence electrons. The number of hydrogen-bond donors (Lipinski definition) is 1. The zero-order chi connectivity index (χ0) is 26.0. The van der Waals surface area contributed by atoms with Gasteiger partial charge in [0.2, 0.25) is 0 Å². The van der Waals surface area contributed by atoms with Crippen molar-refractivity contribution in [3.8, 4) is 23.0 Å². The first-order valence-corrected chi connectivity index (χ1v) is 11.9. The van der Waals surface area contributed by atoms with Crippen LogP contribution in [0.4, 0.5) is 0 Å². The summed E-state index contributed by atoms with van der Waals surface area (Å²) in [5.41, 5.74) is 1.63. The number of nitrogens with zero attached hydrogens (tertiary/aromatic N) is 2. The molecule has 0 bridgehead atoms. The van der Waals surface area contributed by atoms with Crippen molar-refractivity contribution in [1.29, 1.82) is 0 Å². The topological polar surface area (TPSA) is 109 Å². The maximum absolute atomic E-state index is 13.7. The summed E-state index contributed by atoms with van der Waals surface area (Å²) in [7, 11) is 4.51. The van der Waals surface area contributed by atoms with E-state index in [1.807, 2.05) is 0 Å². The normalized spacial score (nSPS) is 15.2. The molecule has 2 heterocycles. The van der Waals surface area contributed by atoms with Gasteiger partial charge in [0.25, 0.3) is 5.56 Å². The number of phenols is 1. The molecule has 1 aromatic heterocycles. The largest absolute Gasteiger partial charge is 0.504 e. The SMILES string of the molecule is CCOC(=O)C1=C(C)N=c2s/c(=C\c3ccc(O)c(OC)c3)c(=O)n2C1c1ccc(OC)cc1OC. The fraction of sp³-hybridized carbons (Fsp3) is 0.269. The van der Waals surface area contributed by atoms with Gasteiger partial charge in [0, 0.05) is 11.6 Å². The Bertz CT molecular complexity index is 1530. The summed E-state index contributed by atoms with van der Waals surface area (Å²) in [5, 5.41) is 9.90. The lowest BCUT2D eigenvalue weighted by Gasteiger charge is -2.26. The van der Waals surface area contributed by atoms with Crippen LogP contribution in [0.5, 0.6) is 23.0 Å². The second-order valence-corrected chi connectivity index (χ2v) is 8.85. The van der Waals surface area contributed by atoms with E-state index >= 15 is 0 Å². The molecule has 1 unspecified atom stereocenters. The van der Waals surface area contributed by atoms with E-state index in [2.05, 4.69) is 4.99 Å². The maximum atomic E-state index is 13.7. The fourth-order valence-corrected chi connectivity index (χ4v) is 5.11. The number of carbonyl (C=O) groups excluding carboxylic acids is 1. The highest BCUT2D eigenvalue weighted by atomic mass is 32.1. The number of aromatic nitrogens is 1. The van der Waals surface area contributed by atoms with Gasteiger partial charge in [-0.25, -0.2) is 9.79 Å². The number of ether oxygens (including phenoxy) is 4. The molecule has 9 nitrogen and oxygen atoms in total. The smallest absolute Gasteiger partial charge is 0.338 e. The molecule has 0 fully saturated rings. The summed E-state index contributed by atoms with van der Waals surface area (Å²) in [6, 6.07) is 9.19. The second kappa shape index (κ2) is 10.3. The van der Waals surface area contributed by atoms with E-state index in [0.717, 1.165) is 0 Å². The van der Waals surface area contributed by atoms with Gasteiger partial charge < -0.3 is 24.1 Å². The third kappa shape index (κ3) is 4.47. The highest BCUT2D eigenvalue weighted by molar-refractivity contribution is 7.07. The zero-order valence-corrected chi connectivity index (χ0v) is 21.3. The van der Waals surface area contributed by atoms with E-state index in [-0.39, 0.29) is 29.2 Å². The van der Waals surface area contributed by atoms with Gasteiger partial charge in [0.15, 0.2) is 16.3 Å². The van der Waals surface area contributed by atoms with Crippen molar-refractivity contribution in [2.45, 2.75) is 19.9 Å². The minimum absolute atomic E-state index is 0.00239. The van der Waals surface area contributed by atoms with Gasteiger partial charge in [-0.15, -0.1) is 0 Å². The first-order chi connectivity index (χ1) is 17.3. The van der Waals surface area contributed by atoms with Crippen molar-refractivity contribution in [2.24, 2.45) is 4.99 Å². The average molecular weight is 511 g/mol. The molecule has 0 amide bonds. The van der Waals surface area contributed by atoms with Crippen LogP contribution in [0.25, 0.3) is 6.08 Å². The quantitative estimate of drug-likeness (QED) is 0.487. The Kier molecular flexibility index (Phi) is 7.16. The molecule has 0 spiro atoms. The van der Waals surface area contributed by atoms with Gasteiger partial charge in [-0.3, -0.25) is 9.36 Å².